The first kappa shape index (κ1) is 17.3. The van der Waals surface area contributed by atoms with Crippen molar-refractivity contribution in [3.63, 3.8) is 0 Å². The van der Waals surface area contributed by atoms with Gasteiger partial charge in [0.2, 0.25) is 0 Å². The van der Waals surface area contributed by atoms with Crippen LogP contribution in [0, 0.1) is 0 Å². The molecule has 7 heteroatoms. The van der Waals surface area contributed by atoms with Crippen molar-refractivity contribution in [1.82, 2.24) is 10.6 Å². The van der Waals surface area contributed by atoms with Crippen molar-refractivity contribution in [2.24, 2.45) is 0 Å². The van der Waals surface area contributed by atoms with Crippen molar-refractivity contribution in [1.29, 1.82) is 0 Å². The fourth-order valence-corrected chi connectivity index (χ4v) is 1.96. The molecule has 2 aromatic carbocycles. The third kappa shape index (κ3) is 4.70. The monoisotopic (exact) mass is 330 g/mol. The van der Waals surface area contributed by atoms with Crippen LogP contribution in [0.25, 0.3) is 10.8 Å². The van der Waals surface area contributed by atoms with E-state index in [0.29, 0.717) is 5.75 Å². The maximum Gasteiger partial charge on any atom is 0.344 e. The summed E-state index contributed by atoms with van der Waals surface area (Å²) in [7, 11) is 1.37. The lowest BCUT2D eigenvalue weighted by molar-refractivity contribution is -0.156. The number of hydrogen-bond acceptors (Lipinski definition) is 5. The summed E-state index contributed by atoms with van der Waals surface area (Å²) in [6, 6.07) is 12.5. The van der Waals surface area contributed by atoms with E-state index in [1.54, 1.807) is 6.07 Å². The van der Waals surface area contributed by atoms with Gasteiger partial charge in [0.15, 0.2) is 12.7 Å². The van der Waals surface area contributed by atoms with E-state index < -0.39 is 24.0 Å². The highest BCUT2D eigenvalue weighted by molar-refractivity contribution is 5.97. The molecule has 0 spiro atoms. The standard InChI is InChI=1S/C17H18N2O5/c1-11(16(21)19-17(22)18-2)24-15(20)10-23-14-8-7-12-5-3-4-6-13(12)9-14/h3-9,11H,10H2,1-2H3,(H2,18,19,21,22)/t11-/m1/s1. The average Bonchev–Trinajstić information content (AvgIpc) is 2.59. The molecule has 0 aliphatic carbocycles. The summed E-state index contributed by atoms with van der Waals surface area (Å²) in [6.45, 7) is 1.03. The van der Waals surface area contributed by atoms with E-state index in [2.05, 4.69) is 5.32 Å². The summed E-state index contributed by atoms with van der Waals surface area (Å²) in [5, 5.41) is 6.30. The number of carbonyl (C=O) groups excluding carboxylic acids is 3. The second-order valence-corrected chi connectivity index (χ2v) is 5.00. The molecule has 0 bridgehead atoms. The highest BCUT2D eigenvalue weighted by atomic mass is 16.6. The molecule has 0 saturated heterocycles. The lowest BCUT2D eigenvalue weighted by atomic mass is 10.1. The van der Waals surface area contributed by atoms with Crippen molar-refractivity contribution in [2.45, 2.75) is 13.0 Å². The van der Waals surface area contributed by atoms with E-state index in [1.807, 2.05) is 41.7 Å². The zero-order valence-electron chi connectivity index (χ0n) is 13.4. The molecular weight excluding hydrogens is 312 g/mol. The zero-order valence-corrected chi connectivity index (χ0v) is 13.4. The second-order valence-electron chi connectivity index (χ2n) is 5.00. The van der Waals surface area contributed by atoms with Crippen molar-refractivity contribution >= 4 is 28.7 Å². The Morgan fingerprint density at radius 2 is 1.79 bits per heavy atom. The van der Waals surface area contributed by atoms with E-state index in [-0.39, 0.29) is 6.61 Å². The number of rotatable bonds is 5. The van der Waals surface area contributed by atoms with E-state index in [1.165, 1.54) is 14.0 Å². The van der Waals surface area contributed by atoms with Gasteiger partial charge in [-0.2, -0.15) is 0 Å². The minimum Gasteiger partial charge on any atom is -0.482 e. The summed E-state index contributed by atoms with van der Waals surface area (Å²) < 4.78 is 10.3. The third-order valence-corrected chi connectivity index (χ3v) is 3.22. The number of benzene rings is 2. The highest BCUT2D eigenvalue weighted by Crippen LogP contribution is 2.20. The van der Waals surface area contributed by atoms with Gasteiger partial charge in [0, 0.05) is 7.05 Å². The molecule has 0 aliphatic heterocycles. The normalized spacial score (nSPS) is 11.4. The van der Waals surface area contributed by atoms with Gasteiger partial charge in [-0.3, -0.25) is 10.1 Å². The second kappa shape index (κ2) is 7.96. The van der Waals surface area contributed by atoms with Crippen LogP contribution in [0.5, 0.6) is 5.75 Å². The first-order valence-corrected chi connectivity index (χ1v) is 7.33. The third-order valence-electron chi connectivity index (χ3n) is 3.22. The van der Waals surface area contributed by atoms with Crippen molar-refractivity contribution in [2.75, 3.05) is 13.7 Å². The summed E-state index contributed by atoms with van der Waals surface area (Å²) in [5.41, 5.74) is 0. The van der Waals surface area contributed by atoms with Crippen molar-refractivity contribution < 1.29 is 23.9 Å². The van der Waals surface area contributed by atoms with Gasteiger partial charge in [0.1, 0.15) is 5.75 Å². The van der Waals surface area contributed by atoms with Crippen LogP contribution in [0.15, 0.2) is 42.5 Å². The quantitative estimate of drug-likeness (QED) is 0.812. The Morgan fingerprint density at radius 1 is 1.08 bits per heavy atom. The SMILES string of the molecule is CNC(=O)NC(=O)[C@@H](C)OC(=O)COc1ccc2ccccc2c1. The molecule has 0 aliphatic rings. The number of hydrogen-bond donors (Lipinski definition) is 2. The smallest absolute Gasteiger partial charge is 0.344 e. The van der Waals surface area contributed by atoms with Gasteiger partial charge in [0.25, 0.3) is 5.91 Å². The minimum atomic E-state index is -1.10. The Hall–Kier alpha value is -3.09. The van der Waals surface area contributed by atoms with Crippen molar-refractivity contribution in [3.05, 3.63) is 42.5 Å². The molecule has 1 atom stereocenters. The Kier molecular flexibility index (Phi) is 5.73. The van der Waals surface area contributed by atoms with Crippen LogP contribution in [-0.2, 0) is 14.3 Å². The zero-order chi connectivity index (χ0) is 17.5. The number of fused-ring (bicyclic) bond motifs is 1. The molecule has 2 rings (SSSR count). The predicted molar refractivity (Wildman–Crippen MR) is 87.6 cm³/mol. The molecule has 24 heavy (non-hydrogen) atoms. The van der Waals surface area contributed by atoms with Gasteiger partial charge in [0.05, 0.1) is 0 Å². The van der Waals surface area contributed by atoms with Gasteiger partial charge < -0.3 is 14.8 Å². The van der Waals surface area contributed by atoms with Crippen LogP contribution in [0.4, 0.5) is 4.79 Å². The van der Waals surface area contributed by atoms with Gasteiger partial charge in [-0.15, -0.1) is 0 Å². The van der Waals surface area contributed by atoms with Gasteiger partial charge in [-0.05, 0) is 29.8 Å². The van der Waals surface area contributed by atoms with Gasteiger partial charge in [-0.1, -0.05) is 30.3 Å². The average molecular weight is 330 g/mol. The summed E-state index contributed by atoms with van der Waals surface area (Å²) in [6.07, 6.45) is -1.10. The van der Waals surface area contributed by atoms with E-state index in [0.717, 1.165) is 10.8 Å². The topological polar surface area (TPSA) is 93.7 Å². The number of urea groups is 1. The van der Waals surface area contributed by atoms with Crippen LogP contribution in [0.2, 0.25) is 0 Å². The number of carbonyl (C=O) groups is 3. The highest BCUT2D eigenvalue weighted by Gasteiger charge is 2.19. The maximum atomic E-state index is 11.7. The fourth-order valence-electron chi connectivity index (χ4n) is 1.96. The summed E-state index contributed by atoms with van der Waals surface area (Å²) in [5.74, 6) is -0.899. The van der Waals surface area contributed by atoms with Crippen LogP contribution >= 0.6 is 0 Å². The van der Waals surface area contributed by atoms with Crippen LogP contribution in [-0.4, -0.2) is 37.7 Å². The number of esters is 1. The first-order valence-electron chi connectivity index (χ1n) is 7.33. The molecule has 0 radical (unpaired) electrons. The predicted octanol–water partition coefficient (Wildman–Crippen LogP) is 1.61. The minimum absolute atomic E-state index is 0.337. The molecule has 2 aromatic rings. The van der Waals surface area contributed by atoms with Crippen molar-refractivity contribution in [3.8, 4) is 5.75 Å². The number of nitrogens with one attached hydrogen (secondary N) is 2. The molecule has 2 N–H and O–H groups in total. The first-order chi connectivity index (χ1) is 11.5. The van der Waals surface area contributed by atoms with E-state index >= 15 is 0 Å². The largest absolute Gasteiger partial charge is 0.482 e. The van der Waals surface area contributed by atoms with Gasteiger partial charge in [-0.25, -0.2) is 9.59 Å². The van der Waals surface area contributed by atoms with E-state index in [4.69, 9.17) is 9.47 Å². The van der Waals surface area contributed by atoms with Gasteiger partial charge >= 0.3 is 12.0 Å². The maximum absolute atomic E-state index is 11.7. The molecule has 0 saturated carbocycles. The van der Waals surface area contributed by atoms with E-state index in [9.17, 15) is 14.4 Å². The van der Waals surface area contributed by atoms with Crippen LogP contribution in [0.3, 0.4) is 0 Å². The lowest BCUT2D eigenvalue weighted by Gasteiger charge is -2.13. The lowest BCUT2D eigenvalue weighted by Crippen LogP contribution is -2.43. The number of ether oxygens (including phenoxy) is 2. The molecule has 7 nitrogen and oxygen atoms in total. The molecular formula is C17H18N2O5. The number of amides is 3. The molecule has 3 amide bonds. The molecule has 0 aromatic heterocycles. The molecule has 0 unspecified atom stereocenters. The number of imide groups is 1. The molecule has 126 valence electrons. The Balaban J connectivity index is 1.85. The van der Waals surface area contributed by atoms with Crippen LogP contribution in [0.1, 0.15) is 6.92 Å². The molecule has 0 fully saturated rings. The Bertz CT molecular complexity index is 759. The summed E-state index contributed by atoms with van der Waals surface area (Å²) >= 11 is 0. The van der Waals surface area contributed by atoms with Crippen LogP contribution < -0.4 is 15.4 Å². The fraction of sp³-hybridized carbons (Fsp3) is 0.235. The Labute approximate surface area is 138 Å². The summed E-state index contributed by atoms with van der Waals surface area (Å²) in [4.78, 5) is 34.3. The Morgan fingerprint density at radius 3 is 2.50 bits per heavy atom. The molecule has 0 heterocycles.